The summed E-state index contributed by atoms with van der Waals surface area (Å²) in [5.74, 6) is -0.660. The first-order valence-electron chi connectivity index (χ1n) is 10.2. The van der Waals surface area contributed by atoms with Crippen LogP contribution in [0.15, 0.2) is 54.1 Å². The standard InChI is InChI=1S/C24H28N2O4/c1-5-30-19-12-11-18(15-16(19)2)22(27)20-21(17-9-7-6-8-10-17)26(14-13-25(3)4)24(29)23(20)28/h6-12,15,21,27H,5,13-14H2,1-4H3/p+1/t21-/m1/s1. The molecular formula is C24H29N2O4+. The van der Waals surface area contributed by atoms with Crippen LogP contribution >= 0.6 is 0 Å². The van der Waals surface area contributed by atoms with Crippen molar-refractivity contribution in [2.45, 2.75) is 19.9 Å². The molecular weight excluding hydrogens is 380 g/mol. The molecule has 2 aromatic carbocycles. The van der Waals surface area contributed by atoms with Gasteiger partial charge in [0.25, 0.3) is 11.7 Å². The first kappa shape index (κ1) is 21.6. The van der Waals surface area contributed by atoms with E-state index in [1.54, 1.807) is 23.1 Å². The lowest BCUT2D eigenvalue weighted by molar-refractivity contribution is -0.857. The van der Waals surface area contributed by atoms with Gasteiger partial charge < -0.3 is 19.6 Å². The number of nitrogens with zero attached hydrogens (tertiary/aromatic N) is 1. The fourth-order valence-electron chi connectivity index (χ4n) is 3.71. The summed E-state index contributed by atoms with van der Waals surface area (Å²) >= 11 is 0. The fraction of sp³-hybridized carbons (Fsp3) is 0.333. The highest BCUT2D eigenvalue weighted by Gasteiger charge is 2.46. The number of benzene rings is 2. The normalized spacial score (nSPS) is 18.3. The van der Waals surface area contributed by atoms with Gasteiger partial charge in [-0.05, 0) is 43.2 Å². The van der Waals surface area contributed by atoms with Crippen LogP contribution in [0.5, 0.6) is 5.75 Å². The second-order valence-electron chi connectivity index (χ2n) is 7.77. The third-order valence-electron chi connectivity index (χ3n) is 5.26. The van der Waals surface area contributed by atoms with E-state index in [0.29, 0.717) is 25.3 Å². The monoisotopic (exact) mass is 409 g/mol. The summed E-state index contributed by atoms with van der Waals surface area (Å²) in [5.41, 5.74) is 2.27. The number of aliphatic hydroxyl groups is 1. The van der Waals surface area contributed by atoms with E-state index < -0.39 is 17.7 Å². The Morgan fingerprint density at radius 2 is 1.83 bits per heavy atom. The van der Waals surface area contributed by atoms with Gasteiger partial charge in [-0.1, -0.05) is 30.3 Å². The molecule has 0 radical (unpaired) electrons. The molecule has 2 N–H and O–H groups in total. The first-order valence-corrected chi connectivity index (χ1v) is 10.2. The van der Waals surface area contributed by atoms with Gasteiger partial charge in [-0.2, -0.15) is 0 Å². The number of Topliss-reactive ketones (excluding diaryl/α,β-unsaturated/α-hetero) is 1. The van der Waals surface area contributed by atoms with Gasteiger partial charge in [0, 0.05) is 5.56 Å². The highest BCUT2D eigenvalue weighted by atomic mass is 16.5. The Bertz CT molecular complexity index is 966. The molecule has 0 aliphatic carbocycles. The van der Waals surface area contributed by atoms with Crippen molar-refractivity contribution in [3.63, 3.8) is 0 Å². The lowest BCUT2D eigenvalue weighted by Gasteiger charge is -2.25. The number of nitrogens with one attached hydrogen (secondary N) is 1. The molecule has 0 spiro atoms. The number of ketones is 1. The predicted octanol–water partition coefficient (Wildman–Crippen LogP) is 1.96. The Balaban J connectivity index is 2.10. The summed E-state index contributed by atoms with van der Waals surface area (Å²) in [6.45, 7) is 5.45. The Kier molecular flexibility index (Phi) is 6.57. The van der Waals surface area contributed by atoms with Gasteiger partial charge in [-0.15, -0.1) is 0 Å². The number of amides is 1. The SMILES string of the molecule is CCOc1ccc(C(O)=C2C(=O)C(=O)N(CC[NH+](C)C)[C@@H]2c2ccccc2)cc1C. The Hall–Kier alpha value is -3.12. The lowest BCUT2D eigenvalue weighted by Crippen LogP contribution is -3.06. The van der Waals surface area contributed by atoms with Gasteiger partial charge in [-0.25, -0.2) is 0 Å². The van der Waals surface area contributed by atoms with Crippen molar-refractivity contribution in [2.75, 3.05) is 33.8 Å². The van der Waals surface area contributed by atoms with E-state index in [4.69, 9.17) is 4.74 Å². The van der Waals surface area contributed by atoms with Crippen molar-refractivity contribution < 1.29 is 24.3 Å². The molecule has 1 amide bonds. The third-order valence-corrected chi connectivity index (χ3v) is 5.26. The number of quaternary nitrogens is 1. The summed E-state index contributed by atoms with van der Waals surface area (Å²) in [5, 5.41) is 11.1. The summed E-state index contributed by atoms with van der Waals surface area (Å²) in [6.07, 6.45) is 0. The fourth-order valence-corrected chi connectivity index (χ4v) is 3.71. The Morgan fingerprint density at radius 1 is 1.13 bits per heavy atom. The van der Waals surface area contributed by atoms with Crippen LogP contribution in [0.2, 0.25) is 0 Å². The maximum Gasteiger partial charge on any atom is 0.295 e. The number of carbonyl (C=O) groups excluding carboxylic acids is 2. The molecule has 158 valence electrons. The molecule has 0 bridgehead atoms. The van der Waals surface area contributed by atoms with E-state index in [-0.39, 0.29) is 11.3 Å². The number of likely N-dealkylation sites (N-methyl/N-ethyl adjacent to an activating group) is 1. The van der Waals surface area contributed by atoms with E-state index in [9.17, 15) is 14.7 Å². The second kappa shape index (κ2) is 9.13. The number of aliphatic hydroxyl groups excluding tert-OH is 1. The smallest absolute Gasteiger partial charge is 0.295 e. The van der Waals surface area contributed by atoms with E-state index in [1.807, 2.05) is 58.3 Å². The highest BCUT2D eigenvalue weighted by molar-refractivity contribution is 6.46. The van der Waals surface area contributed by atoms with Gasteiger partial charge in [0.15, 0.2) is 0 Å². The van der Waals surface area contributed by atoms with Crippen molar-refractivity contribution in [1.82, 2.24) is 4.90 Å². The second-order valence-corrected chi connectivity index (χ2v) is 7.77. The number of hydrogen-bond donors (Lipinski definition) is 2. The van der Waals surface area contributed by atoms with Crippen LogP contribution < -0.4 is 9.64 Å². The largest absolute Gasteiger partial charge is 0.507 e. The number of likely N-dealkylation sites (tertiary alicyclic amines) is 1. The molecule has 1 heterocycles. The number of aryl methyl sites for hydroxylation is 1. The molecule has 0 saturated carbocycles. The molecule has 30 heavy (non-hydrogen) atoms. The molecule has 3 rings (SSSR count). The van der Waals surface area contributed by atoms with Crippen molar-refractivity contribution in [3.05, 3.63) is 70.8 Å². The van der Waals surface area contributed by atoms with Crippen LogP contribution in [0.25, 0.3) is 5.76 Å². The number of carbonyl (C=O) groups is 2. The maximum atomic E-state index is 13.0. The molecule has 1 saturated heterocycles. The molecule has 6 nitrogen and oxygen atoms in total. The van der Waals surface area contributed by atoms with Gasteiger partial charge in [0.1, 0.15) is 11.5 Å². The molecule has 1 fully saturated rings. The van der Waals surface area contributed by atoms with Crippen molar-refractivity contribution >= 4 is 17.4 Å². The zero-order chi connectivity index (χ0) is 21.8. The quantitative estimate of drug-likeness (QED) is 0.417. The van der Waals surface area contributed by atoms with E-state index >= 15 is 0 Å². The van der Waals surface area contributed by atoms with E-state index in [2.05, 4.69) is 0 Å². The lowest BCUT2D eigenvalue weighted by atomic mass is 9.95. The van der Waals surface area contributed by atoms with Crippen LogP contribution in [0.1, 0.15) is 29.7 Å². The minimum Gasteiger partial charge on any atom is -0.507 e. The highest BCUT2D eigenvalue weighted by Crippen LogP contribution is 2.39. The van der Waals surface area contributed by atoms with Crippen molar-refractivity contribution in [3.8, 4) is 5.75 Å². The average Bonchev–Trinajstić information content (AvgIpc) is 2.98. The molecule has 0 unspecified atom stereocenters. The topological polar surface area (TPSA) is 71.3 Å². The van der Waals surface area contributed by atoms with Crippen molar-refractivity contribution in [1.29, 1.82) is 0 Å². The van der Waals surface area contributed by atoms with Crippen LogP contribution in [-0.4, -0.2) is 55.5 Å². The molecule has 1 aliphatic rings. The van der Waals surface area contributed by atoms with E-state index in [1.165, 1.54) is 4.90 Å². The minimum atomic E-state index is -0.651. The molecule has 0 aromatic heterocycles. The zero-order valence-electron chi connectivity index (χ0n) is 17.9. The molecule has 1 atom stereocenters. The summed E-state index contributed by atoms with van der Waals surface area (Å²) in [6, 6.07) is 14.0. The number of rotatable bonds is 7. The van der Waals surface area contributed by atoms with Crippen LogP contribution in [0.3, 0.4) is 0 Å². The zero-order valence-corrected chi connectivity index (χ0v) is 17.9. The van der Waals surface area contributed by atoms with Gasteiger partial charge in [0.05, 0.1) is 45.4 Å². The predicted molar refractivity (Wildman–Crippen MR) is 115 cm³/mol. The summed E-state index contributed by atoms with van der Waals surface area (Å²) in [4.78, 5) is 28.6. The average molecular weight is 410 g/mol. The molecule has 6 heteroatoms. The summed E-state index contributed by atoms with van der Waals surface area (Å²) in [7, 11) is 3.99. The molecule has 2 aromatic rings. The summed E-state index contributed by atoms with van der Waals surface area (Å²) < 4.78 is 5.57. The maximum absolute atomic E-state index is 13.0. The van der Waals surface area contributed by atoms with Crippen LogP contribution in [0, 0.1) is 6.92 Å². The molecule has 1 aliphatic heterocycles. The van der Waals surface area contributed by atoms with E-state index in [0.717, 1.165) is 16.9 Å². The first-order chi connectivity index (χ1) is 14.3. The third kappa shape index (κ3) is 4.24. The Morgan fingerprint density at radius 3 is 2.43 bits per heavy atom. The number of ether oxygens (including phenoxy) is 1. The minimum absolute atomic E-state index is 0.128. The van der Waals surface area contributed by atoms with Crippen LogP contribution in [0.4, 0.5) is 0 Å². The van der Waals surface area contributed by atoms with Gasteiger partial charge >= 0.3 is 0 Å². The van der Waals surface area contributed by atoms with Gasteiger partial charge in [-0.3, -0.25) is 9.59 Å². The van der Waals surface area contributed by atoms with Crippen LogP contribution in [-0.2, 0) is 9.59 Å². The Labute approximate surface area is 177 Å². The van der Waals surface area contributed by atoms with Gasteiger partial charge in [0.2, 0.25) is 0 Å². The number of hydrogen-bond acceptors (Lipinski definition) is 4. The van der Waals surface area contributed by atoms with Crippen molar-refractivity contribution in [2.24, 2.45) is 0 Å².